The van der Waals surface area contributed by atoms with Crippen LogP contribution in [0.4, 0.5) is 11.6 Å². The fourth-order valence-electron chi connectivity index (χ4n) is 3.00. The summed E-state index contributed by atoms with van der Waals surface area (Å²) in [4.78, 5) is 31.9. The molecule has 168 valence electrons. The Hall–Kier alpha value is -3.16. The Morgan fingerprint density at radius 2 is 1.71 bits per heavy atom. The first-order valence-electron chi connectivity index (χ1n) is 10.5. The Balaban J connectivity index is 1.73. The number of benzene rings is 1. The molecular weight excluding hydrogens is 394 g/mol. The number of amides is 2. The maximum absolute atomic E-state index is 12.6. The van der Waals surface area contributed by atoms with Crippen molar-refractivity contribution in [2.75, 3.05) is 30.8 Å². The van der Waals surface area contributed by atoms with Crippen LogP contribution in [0.3, 0.4) is 0 Å². The van der Waals surface area contributed by atoms with E-state index in [0.29, 0.717) is 29.5 Å². The van der Waals surface area contributed by atoms with Crippen molar-refractivity contribution in [3.05, 3.63) is 41.7 Å². The van der Waals surface area contributed by atoms with Crippen molar-refractivity contribution in [2.45, 2.75) is 52.4 Å². The molecule has 0 atom stereocenters. The van der Waals surface area contributed by atoms with Crippen LogP contribution in [0.15, 0.2) is 30.6 Å². The van der Waals surface area contributed by atoms with Crippen LogP contribution < -0.4 is 20.7 Å². The highest BCUT2D eigenvalue weighted by atomic mass is 16.5. The molecule has 31 heavy (non-hydrogen) atoms. The highest BCUT2D eigenvalue weighted by Crippen LogP contribution is 2.27. The van der Waals surface area contributed by atoms with E-state index in [0.717, 1.165) is 31.4 Å². The van der Waals surface area contributed by atoms with Crippen LogP contribution in [0.25, 0.3) is 0 Å². The summed E-state index contributed by atoms with van der Waals surface area (Å²) in [7, 11) is 1.58. The molecule has 3 N–H and O–H groups in total. The molecule has 0 saturated heterocycles. The van der Waals surface area contributed by atoms with Gasteiger partial charge in [0.15, 0.2) is 0 Å². The summed E-state index contributed by atoms with van der Waals surface area (Å²) in [6, 6.07) is 7.46. The van der Waals surface area contributed by atoms with Gasteiger partial charge in [0.2, 0.25) is 5.91 Å². The van der Waals surface area contributed by atoms with Gasteiger partial charge < -0.3 is 20.7 Å². The predicted molar refractivity (Wildman–Crippen MR) is 123 cm³/mol. The fourth-order valence-corrected chi connectivity index (χ4v) is 3.00. The minimum absolute atomic E-state index is 0.0408. The Morgan fingerprint density at radius 1 is 1.00 bits per heavy atom. The number of rotatable bonds is 10. The van der Waals surface area contributed by atoms with Crippen LogP contribution in [-0.4, -0.2) is 42.0 Å². The number of nitrogens with one attached hydrogen (secondary N) is 3. The second-order valence-corrected chi connectivity index (χ2v) is 8.38. The quantitative estimate of drug-likeness (QED) is 0.499. The third-order valence-corrected chi connectivity index (χ3v) is 4.73. The Labute approximate surface area is 184 Å². The van der Waals surface area contributed by atoms with E-state index < -0.39 is 0 Å². The minimum Gasteiger partial charge on any atom is -0.496 e. The lowest BCUT2D eigenvalue weighted by Crippen LogP contribution is -2.25. The van der Waals surface area contributed by atoms with Gasteiger partial charge in [0.25, 0.3) is 5.91 Å². The van der Waals surface area contributed by atoms with E-state index in [9.17, 15) is 9.59 Å². The van der Waals surface area contributed by atoms with Gasteiger partial charge in [0.1, 0.15) is 23.7 Å². The van der Waals surface area contributed by atoms with Crippen molar-refractivity contribution >= 4 is 23.5 Å². The normalized spacial score (nSPS) is 11.0. The number of anilines is 2. The molecule has 1 heterocycles. The topological polar surface area (TPSA) is 105 Å². The van der Waals surface area contributed by atoms with Gasteiger partial charge in [-0.1, -0.05) is 26.8 Å². The molecule has 0 aliphatic carbocycles. The fraction of sp³-hybridized carbons (Fsp3) is 0.478. The largest absolute Gasteiger partial charge is 0.496 e. The number of hydrogen-bond acceptors (Lipinski definition) is 6. The van der Waals surface area contributed by atoms with E-state index in [1.807, 2.05) is 18.2 Å². The molecule has 8 heteroatoms. The molecule has 2 aromatic rings. The summed E-state index contributed by atoms with van der Waals surface area (Å²) in [5, 5.41) is 8.83. The lowest BCUT2D eigenvalue weighted by molar-refractivity contribution is -0.114. The van der Waals surface area contributed by atoms with E-state index in [4.69, 9.17) is 4.74 Å². The summed E-state index contributed by atoms with van der Waals surface area (Å²) < 4.78 is 5.36. The van der Waals surface area contributed by atoms with Gasteiger partial charge in [0.05, 0.1) is 12.7 Å². The van der Waals surface area contributed by atoms with Gasteiger partial charge in [-0.25, -0.2) is 9.97 Å². The monoisotopic (exact) mass is 427 g/mol. The molecule has 2 rings (SSSR count). The van der Waals surface area contributed by atoms with E-state index in [-0.39, 0.29) is 17.2 Å². The second kappa shape index (κ2) is 11.3. The Kier molecular flexibility index (Phi) is 8.78. The molecule has 0 saturated carbocycles. The van der Waals surface area contributed by atoms with Gasteiger partial charge in [-0.3, -0.25) is 9.59 Å². The number of methoxy groups -OCH3 is 1. The first-order valence-corrected chi connectivity index (χ1v) is 10.5. The second-order valence-electron chi connectivity index (χ2n) is 8.38. The van der Waals surface area contributed by atoms with Crippen LogP contribution >= 0.6 is 0 Å². The predicted octanol–water partition coefficient (Wildman–Crippen LogP) is 3.75. The third-order valence-electron chi connectivity index (χ3n) is 4.73. The Bertz CT molecular complexity index is 893. The van der Waals surface area contributed by atoms with Gasteiger partial charge in [0, 0.05) is 26.1 Å². The van der Waals surface area contributed by atoms with Crippen LogP contribution in [-0.2, 0) is 10.2 Å². The molecule has 0 aliphatic rings. The van der Waals surface area contributed by atoms with Gasteiger partial charge in [-0.05, 0) is 42.4 Å². The van der Waals surface area contributed by atoms with Crippen molar-refractivity contribution in [2.24, 2.45) is 0 Å². The zero-order valence-corrected chi connectivity index (χ0v) is 19.0. The van der Waals surface area contributed by atoms with Gasteiger partial charge >= 0.3 is 0 Å². The molecule has 1 aromatic heterocycles. The highest BCUT2D eigenvalue weighted by molar-refractivity contribution is 5.97. The SMILES string of the molecule is COc1ccc(C(C)(C)C)cc1C(=O)NCCCCCNc1cc(NC(C)=O)ncn1. The molecular formula is C23H33N5O3. The number of nitrogens with zero attached hydrogens (tertiary/aromatic N) is 2. The Morgan fingerprint density at radius 3 is 2.39 bits per heavy atom. The first kappa shape index (κ1) is 24.1. The molecule has 0 bridgehead atoms. The lowest BCUT2D eigenvalue weighted by atomic mass is 9.86. The number of ether oxygens (including phenoxy) is 1. The number of aromatic nitrogens is 2. The van der Waals surface area contributed by atoms with Crippen molar-refractivity contribution < 1.29 is 14.3 Å². The molecule has 0 fully saturated rings. The zero-order chi connectivity index (χ0) is 22.9. The molecule has 2 amide bonds. The van der Waals surface area contributed by atoms with Crippen LogP contribution in [0.2, 0.25) is 0 Å². The molecule has 8 nitrogen and oxygen atoms in total. The van der Waals surface area contributed by atoms with E-state index in [1.54, 1.807) is 13.2 Å². The van der Waals surface area contributed by atoms with Gasteiger partial charge in [-0.2, -0.15) is 0 Å². The lowest BCUT2D eigenvalue weighted by Gasteiger charge is -2.21. The minimum atomic E-state index is -0.172. The molecule has 1 aromatic carbocycles. The van der Waals surface area contributed by atoms with Crippen LogP contribution in [0.5, 0.6) is 5.75 Å². The van der Waals surface area contributed by atoms with Crippen molar-refractivity contribution in [1.82, 2.24) is 15.3 Å². The number of hydrogen-bond donors (Lipinski definition) is 3. The van der Waals surface area contributed by atoms with Gasteiger partial charge in [-0.15, -0.1) is 0 Å². The average Bonchev–Trinajstić information content (AvgIpc) is 2.71. The first-order chi connectivity index (χ1) is 14.7. The van der Waals surface area contributed by atoms with Crippen molar-refractivity contribution in [1.29, 1.82) is 0 Å². The zero-order valence-electron chi connectivity index (χ0n) is 19.0. The van der Waals surface area contributed by atoms with Crippen molar-refractivity contribution in [3.8, 4) is 5.75 Å². The summed E-state index contributed by atoms with van der Waals surface area (Å²) >= 11 is 0. The summed E-state index contributed by atoms with van der Waals surface area (Å²) in [6.45, 7) is 9.13. The third kappa shape index (κ3) is 7.88. The number of carbonyl (C=O) groups is 2. The number of unbranched alkanes of at least 4 members (excludes halogenated alkanes) is 2. The maximum atomic E-state index is 12.6. The van der Waals surface area contributed by atoms with E-state index in [2.05, 4.69) is 46.7 Å². The number of carbonyl (C=O) groups excluding carboxylic acids is 2. The van der Waals surface area contributed by atoms with E-state index >= 15 is 0 Å². The highest BCUT2D eigenvalue weighted by Gasteiger charge is 2.19. The summed E-state index contributed by atoms with van der Waals surface area (Å²) in [5.74, 6) is 1.43. The van der Waals surface area contributed by atoms with E-state index in [1.165, 1.54) is 13.3 Å². The smallest absolute Gasteiger partial charge is 0.255 e. The van der Waals surface area contributed by atoms with Crippen LogP contribution in [0, 0.1) is 0 Å². The van der Waals surface area contributed by atoms with Crippen molar-refractivity contribution in [3.63, 3.8) is 0 Å². The standard InChI is InChI=1S/C23H33N5O3/c1-16(29)28-21-14-20(26-15-27-21)24-11-7-6-8-12-25-22(30)18-13-17(23(2,3)4)9-10-19(18)31-5/h9-10,13-15H,6-8,11-12H2,1-5H3,(H,25,30)(H2,24,26,27,28,29). The molecule has 0 unspecified atom stereocenters. The molecule has 0 spiro atoms. The maximum Gasteiger partial charge on any atom is 0.255 e. The summed E-state index contributed by atoms with van der Waals surface area (Å²) in [5.41, 5.74) is 1.62. The molecule has 0 aliphatic heterocycles. The summed E-state index contributed by atoms with van der Waals surface area (Å²) in [6.07, 6.45) is 4.16. The molecule has 0 radical (unpaired) electrons. The van der Waals surface area contributed by atoms with Crippen LogP contribution in [0.1, 0.15) is 62.9 Å². The average molecular weight is 428 g/mol.